The molecule has 5 aromatic heterocycles. The van der Waals surface area contributed by atoms with Gasteiger partial charge in [-0.15, -0.1) is 0 Å². The van der Waals surface area contributed by atoms with Gasteiger partial charge in [0.15, 0.2) is 11.5 Å². The van der Waals surface area contributed by atoms with E-state index in [1.807, 2.05) is 31.5 Å². The number of pyridine rings is 2. The Labute approximate surface area is 175 Å². The zero-order valence-electron chi connectivity index (χ0n) is 16.0. The highest BCUT2D eigenvalue weighted by Gasteiger charge is 2.16. The molecule has 6 aromatic rings. The molecule has 144 valence electrons. The molecule has 0 saturated heterocycles. The van der Waals surface area contributed by atoms with E-state index in [2.05, 4.69) is 60.2 Å². The van der Waals surface area contributed by atoms with Crippen LogP contribution in [0.25, 0.3) is 55.8 Å². The smallest absolute Gasteiger partial charge is 0.178 e. The minimum atomic E-state index is 0.684. The van der Waals surface area contributed by atoms with Crippen LogP contribution in [0.3, 0.4) is 0 Å². The first-order valence-corrected chi connectivity index (χ1v) is 10.5. The minimum Gasteiger partial charge on any atom is -0.335 e. The van der Waals surface area contributed by atoms with Crippen molar-refractivity contribution in [1.82, 2.24) is 30.1 Å². The average Bonchev–Trinajstić information content (AvgIpc) is 3.51. The zero-order chi connectivity index (χ0) is 20.1. The van der Waals surface area contributed by atoms with Gasteiger partial charge in [-0.2, -0.15) is 16.4 Å². The van der Waals surface area contributed by atoms with Crippen LogP contribution in [0.1, 0.15) is 5.56 Å². The van der Waals surface area contributed by atoms with Gasteiger partial charge in [0.25, 0.3) is 0 Å². The van der Waals surface area contributed by atoms with Crippen molar-refractivity contribution in [3.63, 3.8) is 0 Å². The lowest BCUT2D eigenvalue weighted by Gasteiger charge is -2.03. The largest absolute Gasteiger partial charge is 0.335 e. The fourth-order valence-corrected chi connectivity index (χ4v) is 4.42. The third-order valence-electron chi connectivity index (χ3n) is 5.22. The molecule has 0 aliphatic rings. The molecule has 30 heavy (non-hydrogen) atoms. The van der Waals surface area contributed by atoms with Crippen molar-refractivity contribution < 1.29 is 0 Å². The number of rotatable bonds is 3. The van der Waals surface area contributed by atoms with E-state index < -0.39 is 0 Å². The van der Waals surface area contributed by atoms with E-state index in [9.17, 15) is 0 Å². The summed E-state index contributed by atoms with van der Waals surface area (Å²) in [5, 5.41) is 12.9. The molecular weight excluding hydrogens is 392 g/mol. The first-order valence-electron chi connectivity index (χ1n) is 9.54. The zero-order valence-corrected chi connectivity index (χ0v) is 16.9. The van der Waals surface area contributed by atoms with E-state index >= 15 is 0 Å². The second-order valence-electron chi connectivity index (χ2n) is 7.24. The first kappa shape index (κ1) is 17.1. The molecule has 0 radical (unpaired) electrons. The van der Waals surface area contributed by atoms with Crippen LogP contribution in [0.15, 0.2) is 65.7 Å². The molecule has 6 nitrogen and oxygen atoms in total. The van der Waals surface area contributed by atoms with Crippen LogP contribution in [-0.4, -0.2) is 30.1 Å². The molecule has 0 aliphatic carbocycles. The Balaban J connectivity index is 1.52. The Morgan fingerprint density at radius 2 is 1.93 bits per heavy atom. The molecule has 1 aromatic carbocycles. The summed E-state index contributed by atoms with van der Waals surface area (Å²) in [5.74, 6) is 0.700. The van der Waals surface area contributed by atoms with E-state index in [1.54, 1.807) is 17.5 Å². The maximum atomic E-state index is 4.73. The van der Waals surface area contributed by atoms with Crippen LogP contribution < -0.4 is 0 Å². The molecular formula is C23H16N6S. The van der Waals surface area contributed by atoms with Gasteiger partial charge in [0.2, 0.25) is 0 Å². The molecule has 0 unspecified atom stereocenters. The predicted molar refractivity (Wildman–Crippen MR) is 120 cm³/mol. The molecule has 0 atom stereocenters. The van der Waals surface area contributed by atoms with E-state index in [0.717, 1.165) is 49.9 Å². The van der Waals surface area contributed by atoms with Crippen LogP contribution in [0.2, 0.25) is 0 Å². The lowest BCUT2D eigenvalue weighted by molar-refractivity contribution is 1.10. The summed E-state index contributed by atoms with van der Waals surface area (Å²) in [7, 11) is 0. The highest BCUT2D eigenvalue weighted by atomic mass is 32.1. The third kappa shape index (κ3) is 2.71. The van der Waals surface area contributed by atoms with Gasteiger partial charge in [0, 0.05) is 35.1 Å². The fourth-order valence-electron chi connectivity index (χ4n) is 3.77. The molecule has 0 saturated carbocycles. The third-order valence-corrected chi connectivity index (χ3v) is 5.90. The quantitative estimate of drug-likeness (QED) is 0.399. The summed E-state index contributed by atoms with van der Waals surface area (Å²) in [4.78, 5) is 17.0. The van der Waals surface area contributed by atoms with Crippen molar-refractivity contribution in [3.05, 3.63) is 71.3 Å². The number of hydrogen-bond donors (Lipinski definition) is 2. The Hall–Kier alpha value is -3.84. The number of nitrogens with one attached hydrogen (secondary N) is 2. The Bertz CT molecular complexity index is 1510. The van der Waals surface area contributed by atoms with E-state index in [1.165, 1.54) is 0 Å². The van der Waals surface area contributed by atoms with Crippen LogP contribution in [-0.2, 0) is 0 Å². The molecule has 0 fully saturated rings. The summed E-state index contributed by atoms with van der Waals surface area (Å²) < 4.78 is 0. The van der Waals surface area contributed by atoms with E-state index in [4.69, 9.17) is 4.98 Å². The van der Waals surface area contributed by atoms with Gasteiger partial charge in [0.05, 0.1) is 11.0 Å². The summed E-state index contributed by atoms with van der Waals surface area (Å²) in [5.41, 5.74) is 8.89. The highest BCUT2D eigenvalue weighted by molar-refractivity contribution is 7.08. The number of nitrogens with zero attached hydrogens (tertiary/aromatic N) is 4. The number of benzene rings is 1. The monoisotopic (exact) mass is 408 g/mol. The molecule has 2 N–H and O–H groups in total. The summed E-state index contributed by atoms with van der Waals surface area (Å²) in [6, 6.07) is 12.5. The highest BCUT2D eigenvalue weighted by Crippen LogP contribution is 2.33. The van der Waals surface area contributed by atoms with E-state index in [-0.39, 0.29) is 0 Å². The van der Waals surface area contributed by atoms with Crippen LogP contribution in [0.5, 0.6) is 0 Å². The molecule has 0 aliphatic heterocycles. The summed E-state index contributed by atoms with van der Waals surface area (Å²) >= 11 is 1.67. The van der Waals surface area contributed by atoms with E-state index in [0.29, 0.717) is 11.5 Å². The Morgan fingerprint density at radius 3 is 2.80 bits per heavy atom. The van der Waals surface area contributed by atoms with Gasteiger partial charge < -0.3 is 4.98 Å². The second-order valence-corrected chi connectivity index (χ2v) is 8.02. The summed E-state index contributed by atoms with van der Waals surface area (Å²) in [6.45, 7) is 2.05. The van der Waals surface area contributed by atoms with Crippen LogP contribution in [0, 0.1) is 6.92 Å². The maximum absolute atomic E-state index is 4.73. The molecule has 7 heteroatoms. The number of aryl methyl sites for hydroxylation is 1. The predicted octanol–water partition coefficient (Wildman–Crippen LogP) is 5.60. The van der Waals surface area contributed by atoms with Gasteiger partial charge in [-0.25, -0.2) is 9.97 Å². The number of hydrogen-bond acceptors (Lipinski definition) is 5. The number of H-pyrrole nitrogens is 2. The van der Waals surface area contributed by atoms with Gasteiger partial charge in [-0.3, -0.25) is 10.1 Å². The van der Waals surface area contributed by atoms with Crippen LogP contribution in [0.4, 0.5) is 0 Å². The van der Waals surface area contributed by atoms with Crippen molar-refractivity contribution in [2.75, 3.05) is 0 Å². The normalized spacial score (nSPS) is 11.5. The number of imidazole rings is 1. The maximum Gasteiger partial charge on any atom is 0.178 e. The Morgan fingerprint density at radius 1 is 0.967 bits per heavy atom. The fraction of sp³-hybridized carbons (Fsp3) is 0.0435. The Kier molecular flexibility index (Phi) is 3.75. The molecule has 0 amide bonds. The minimum absolute atomic E-state index is 0.684. The number of aromatic nitrogens is 6. The SMILES string of the molecule is Cc1cncc(-c2ccc3[nH]nc(-c4nc5nccc(-c6ccsc6)c5[nH]4)c3c2)c1. The van der Waals surface area contributed by atoms with Crippen molar-refractivity contribution in [3.8, 4) is 33.8 Å². The van der Waals surface area contributed by atoms with Gasteiger partial charge in [-0.1, -0.05) is 6.07 Å². The molecule has 6 rings (SSSR count). The second kappa shape index (κ2) is 6.60. The number of fused-ring (bicyclic) bond motifs is 2. The molecule has 0 bridgehead atoms. The van der Waals surface area contributed by atoms with Crippen molar-refractivity contribution >= 4 is 33.4 Å². The lowest BCUT2D eigenvalue weighted by atomic mass is 10.0. The summed E-state index contributed by atoms with van der Waals surface area (Å²) in [6.07, 6.45) is 5.54. The molecule has 5 heterocycles. The molecule has 0 spiro atoms. The number of thiophene rings is 1. The van der Waals surface area contributed by atoms with Crippen LogP contribution >= 0.6 is 11.3 Å². The topological polar surface area (TPSA) is 83.1 Å². The lowest BCUT2D eigenvalue weighted by Crippen LogP contribution is -1.84. The standard InChI is InChI=1S/C23H16N6S/c1-13-8-16(11-24-10-13)14-2-3-19-18(9-14)21(29-28-19)23-26-20-17(15-5-7-30-12-15)4-6-25-22(20)27-23/h2-12H,1H3,(H,28,29)(H,25,26,27). The average molecular weight is 408 g/mol. The van der Waals surface area contributed by atoms with Crippen molar-refractivity contribution in [1.29, 1.82) is 0 Å². The van der Waals surface area contributed by atoms with Crippen molar-refractivity contribution in [2.45, 2.75) is 6.92 Å². The van der Waals surface area contributed by atoms with Gasteiger partial charge >= 0.3 is 0 Å². The number of aromatic amines is 2. The van der Waals surface area contributed by atoms with Crippen molar-refractivity contribution in [2.24, 2.45) is 0 Å². The van der Waals surface area contributed by atoms with Gasteiger partial charge in [0.1, 0.15) is 5.69 Å². The van der Waals surface area contributed by atoms with Gasteiger partial charge in [-0.05, 0) is 64.7 Å². The first-order chi connectivity index (χ1) is 14.8.